The molecular weight excluding hydrogens is 342 g/mol. The Kier molecular flexibility index (Phi) is 4.75. The van der Waals surface area contributed by atoms with Gasteiger partial charge in [-0.2, -0.15) is 0 Å². The molecule has 0 saturated carbocycles. The van der Waals surface area contributed by atoms with Gasteiger partial charge in [-0.1, -0.05) is 24.3 Å². The lowest BCUT2D eigenvalue weighted by Crippen LogP contribution is -2.48. The number of carbonyl (C=O) groups is 2. The Morgan fingerprint density at radius 3 is 2.30 bits per heavy atom. The molecular formula is C20H23N5O2. The molecule has 1 fully saturated rings. The smallest absolute Gasteiger partial charge is 0.274 e. The average Bonchev–Trinajstić information content (AvgIpc) is 2.73. The molecule has 0 radical (unpaired) electrons. The second-order valence-electron chi connectivity index (χ2n) is 7.00. The van der Waals surface area contributed by atoms with Gasteiger partial charge in [-0.15, -0.1) is 0 Å². The van der Waals surface area contributed by atoms with Crippen LogP contribution in [0.1, 0.15) is 28.5 Å². The van der Waals surface area contributed by atoms with Crippen LogP contribution in [0.25, 0.3) is 0 Å². The van der Waals surface area contributed by atoms with Crippen molar-refractivity contribution in [2.75, 3.05) is 37.6 Å². The van der Waals surface area contributed by atoms with Crippen LogP contribution in [0.4, 0.5) is 5.82 Å². The number of fused-ring (bicyclic) bond motifs is 1. The number of rotatable bonds is 2. The van der Waals surface area contributed by atoms with Crippen LogP contribution in [0, 0.1) is 0 Å². The Bertz CT molecular complexity index is 844. The predicted octanol–water partition coefficient (Wildman–Crippen LogP) is 1.34. The fraction of sp³-hybridized carbons (Fsp3) is 0.400. The maximum absolute atomic E-state index is 12.8. The quantitative estimate of drug-likeness (QED) is 0.803. The molecule has 27 heavy (non-hydrogen) atoms. The fourth-order valence-corrected chi connectivity index (χ4v) is 3.68. The number of hydrogen-bond acceptors (Lipinski definition) is 5. The summed E-state index contributed by atoms with van der Waals surface area (Å²) in [6.07, 6.45) is 4.10. The van der Waals surface area contributed by atoms with Gasteiger partial charge in [0.2, 0.25) is 5.91 Å². The number of piperazine rings is 1. The van der Waals surface area contributed by atoms with E-state index in [1.54, 1.807) is 19.3 Å². The molecule has 3 heterocycles. The third-order valence-electron chi connectivity index (χ3n) is 5.32. The van der Waals surface area contributed by atoms with Crippen LogP contribution in [0.5, 0.6) is 0 Å². The Morgan fingerprint density at radius 2 is 1.63 bits per heavy atom. The lowest BCUT2D eigenvalue weighted by atomic mass is 10.00. The summed E-state index contributed by atoms with van der Waals surface area (Å²) in [6.45, 7) is 5.73. The molecule has 1 aromatic heterocycles. The summed E-state index contributed by atoms with van der Waals surface area (Å²) in [7, 11) is 0. The molecule has 1 saturated heterocycles. The van der Waals surface area contributed by atoms with E-state index in [4.69, 9.17) is 0 Å². The summed E-state index contributed by atoms with van der Waals surface area (Å²) in [6, 6.07) is 8.24. The van der Waals surface area contributed by atoms with Gasteiger partial charge in [0.1, 0.15) is 11.5 Å². The zero-order valence-corrected chi connectivity index (χ0v) is 15.5. The lowest BCUT2D eigenvalue weighted by molar-refractivity contribution is -0.129. The van der Waals surface area contributed by atoms with Crippen LogP contribution in [0.3, 0.4) is 0 Å². The highest BCUT2D eigenvalue weighted by Crippen LogP contribution is 2.20. The number of anilines is 1. The van der Waals surface area contributed by atoms with Crippen molar-refractivity contribution in [2.24, 2.45) is 0 Å². The van der Waals surface area contributed by atoms with Gasteiger partial charge in [-0.05, 0) is 17.5 Å². The molecule has 0 aliphatic carbocycles. The van der Waals surface area contributed by atoms with Crippen LogP contribution in [0.2, 0.25) is 0 Å². The first-order chi connectivity index (χ1) is 13.1. The van der Waals surface area contributed by atoms with Gasteiger partial charge in [0.05, 0.1) is 12.4 Å². The van der Waals surface area contributed by atoms with E-state index in [9.17, 15) is 9.59 Å². The van der Waals surface area contributed by atoms with E-state index in [-0.39, 0.29) is 11.8 Å². The standard InChI is InChI=1S/C20H23N5O2/c1-15(26)23-8-10-24(11-9-23)19-13-21-18(12-22-19)20(27)25-7-6-16-4-2-3-5-17(16)14-25/h2-5,12-13H,6-11,14H2,1H3. The minimum Gasteiger partial charge on any atom is -0.352 e. The average molecular weight is 365 g/mol. The van der Waals surface area contributed by atoms with Gasteiger partial charge in [0.15, 0.2) is 0 Å². The number of nitrogens with zero attached hydrogens (tertiary/aromatic N) is 5. The first kappa shape index (κ1) is 17.5. The van der Waals surface area contributed by atoms with Crippen LogP contribution >= 0.6 is 0 Å². The molecule has 2 aliphatic rings. The number of amides is 2. The van der Waals surface area contributed by atoms with Crippen LogP contribution in [-0.4, -0.2) is 64.3 Å². The van der Waals surface area contributed by atoms with E-state index in [0.717, 1.165) is 25.3 Å². The van der Waals surface area contributed by atoms with Gasteiger partial charge >= 0.3 is 0 Å². The predicted molar refractivity (Wildman–Crippen MR) is 101 cm³/mol. The van der Waals surface area contributed by atoms with E-state index in [0.29, 0.717) is 31.9 Å². The van der Waals surface area contributed by atoms with Crippen molar-refractivity contribution in [2.45, 2.75) is 19.9 Å². The Labute approximate surface area is 158 Å². The van der Waals surface area contributed by atoms with Gasteiger partial charge in [0.25, 0.3) is 5.91 Å². The van der Waals surface area contributed by atoms with E-state index in [1.165, 1.54) is 11.1 Å². The number of aromatic nitrogens is 2. The SMILES string of the molecule is CC(=O)N1CCN(c2cnc(C(=O)N3CCc4ccccc4C3)cn2)CC1. The Morgan fingerprint density at radius 1 is 0.889 bits per heavy atom. The molecule has 0 atom stereocenters. The van der Waals surface area contributed by atoms with Crippen LogP contribution in [-0.2, 0) is 17.8 Å². The van der Waals surface area contributed by atoms with E-state index >= 15 is 0 Å². The van der Waals surface area contributed by atoms with Crippen LogP contribution in [0.15, 0.2) is 36.7 Å². The molecule has 2 aromatic rings. The zero-order chi connectivity index (χ0) is 18.8. The molecule has 0 bridgehead atoms. The number of hydrogen-bond donors (Lipinski definition) is 0. The van der Waals surface area contributed by atoms with Gasteiger partial charge in [-0.3, -0.25) is 9.59 Å². The third-order valence-corrected chi connectivity index (χ3v) is 5.32. The molecule has 7 heteroatoms. The molecule has 7 nitrogen and oxygen atoms in total. The van der Waals surface area contributed by atoms with Crippen molar-refractivity contribution in [3.8, 4) is 0 Å². The minimum absolute atomic E-state index is 0.0787. The molecule has 0 spiro atoms. The Balaban J connectivity index is 1.41. The molecule has 0 unspecified atom stereocenters. The zero-order valence-electron chi connectivity index (χ0n) is 15.5. The monoisotopic (exact) mass is 365 g/mol. The topological polar surface area (TPSA) is 69.6 Å². The lowest BCUT2D eigenvalue weighted by Gasteiger charge is -2.34. The van der Waals surface area contributed by atoms with Gasteiger partial charge in [-0.25, -0.2) is 9.97 Å². The maximum Gasteiger partial charge on any atom is 0.274 e. The van der Waals surface area contributed by atoms with Crippen LogP contribution < -0.4 is 4.90 Å². The minimum atomic E-state index is -0.0787. The van der Waals surface area contributed by atoms with Crippen molar-refractivity contribution in [3.63, 3.8) is 0 Å². The molecule has 1 aromatic carbocycles. The molecule has 0 N–H and O–H groups in total. The summed E-state index contributed by atoms with van der Waals surface area (Å²) in [5.41, 5.74) is 2.89. The van der Waals surface area contributed by atoms with E-state index in [1.807, 2.05) is 21.9 Å². The van der Waals surface area contributed by atoms with Crippen molar-refractivity contribution < 1.29 is 9.59 Å². The number of carbonyl (C=O) groups excluding carboxylic acids is 2. The fourth-order valence-electron chi connectivity index (χ4n) is 3.68. The highest BCUT2D eigenvalue weighted by Gasteiger charge is 2.24. The first-order valence-corrected chi connectivity index (χ1v) is 9.30. The third kappa shape index (κ3) is 3.63. The highest BCUT2D eigenvalue weighted by atomic mass is 16.2. The largest absolute Gasteiger partial charge is 0.352 e. The van der Waals surface area contributed by atoms with Crippen molar-refractivity contribution in [1.29, 1.82) is 0 Å². The van der Waals surface area contributed by atoms with E-state index in [2.05, 4.69) is 27.0 Å². The van der Waals surface area contributed by atoms with Crippen molar-refractivity contribution in [3.05, 3.63) is 53.5 Å². The summed E-state index contributed by atoms with van der Waals surface area (Å²) in [5, 5.41) is 0. The molecule has 140 valence electrons. The normalized spacial score (nSPS) is 16.9. The van der Waals surface area contributed by atoms with Gasteiger partial charge < -0.3 is 14.7 Å². The second-order valence-corrected chi connectivity index (χ2v) is 7.00. The summed E-state index contributed by atoms with van der Waals surface area (Å²) >= 11 is 0. The van der Waals surface area contributed by atoms with Crippen molar-refractivity contribution in [1.82, 2.24) is 19.8 Å². The van der Waals surface area contributed by atoms with Crippen molar-refractivity contribution >= 4 is 17.6 Å². The first-order valence-electron chi connectivity index (χ1n) is 9.30. The molecule has 4 rings (SSSR count). The molecule has 2 aliphatic heterocycles. The number of benzene rings is 1. The summed E-state index contributed by atoms with van der Waals surface area (Å²) < 4.78 is 0. The van der Waals surface area contributed by atoms with E-state index < -0.39 is 0 Å². The maximum atomic E-state index is 12.8. The highest BCUT2D eigenvalue weighted by molar-refractivity contribution is 5.92. The second kappa shape index (κ2) is 7.34. The van der Waals surface area contributed by atoms with Gasteiger partial charge in [0, 0.05) is 46.2 Å². The summed E-state index contributed by atoms with van der Waals surface area (Å²) in [5.74, 6) is 0.772. The molecule has 2 amide bonds. The Hall–Kier alpha value is -2.96. The summed E-state index contributed by atoms with van der Waals surface area (Å²) in [4.78, 5) is 38.8.